The molecule has 0 spiro atoms. The molecule has 3 atom stereocenters. The van der Waals surface area contributed by atoms with Gasteiger partial charge in [-0.25, -0.2) is 4.79 Å². The van der Waals surface area contributed by atoms with Crippen LogP contribution in [-0.4, -0.2) is 40.1 Å². The zero-order chi connectivity index (χ0) is 14.4. The number of carbonyl (C=O) groups excluding carboxylic acids is 1. The fourth-order valence-electron chi connectivity index (χ4n) is 2.74. The summed E-state index contributed by atoms with van der Waals surface area (Å²) in [5, 5.41) is 11.6. The van der Waals surface area contributed by atoms with E-state index in [0.717, 1.165) is 12.8 Å². The number of carboxylic acid groups (broad SMARTS) is 1. The smallest absolute Gasteiger partial charge is 0.318 e. The third kappa shape index (κ3) is 5.09. The normalized spacial score (nSPS) is 24.9. The molecule has 1 aliphatic rings. The second kappa shape index (κ2) is 7.36. The number of hydrogen-bond donors (Lipinski definition) is 2. The first-order chi connectivity index (χ1) is 8.91. The fraction of sp³-hybridized carbons (Fsp3) is 0.857. The van der Waals surface area contributed by atoms with Crippen LogP contribution in [0, 0.1) is 0 Å². The standard InChI is InChI=1S/C14H26N2O3/c1-10(6-4-9-13(17)18)15-14(19)16-11(2)7-5-8-12(16)3/h10-12H,4-9H2,1-3H3,(H,15,19)(H,17,18). The van der Waals surface area contributed by atoms with Crippen molar-refractivity contribution in [2.75, 3.05) is 0 Å². The number of piperidine rings is 1. The van der Waals surface area contributed by atoms with Crippen molar-refractivity contribution in [1.82, 2.24) is 10.2 Å². The summed E-state index contributed by atoms with van der Waals surface area (Å²) in [4.78, 5) is 24.6. The molecule has 1 fully saturated rings. The monoisotopic (exact) mass is 270 g/mol. The fourth-order valence-corrected chi connectivity index (χ4v) is 2.74. The van der Waals surface area contributed by atoms with Gasteiger partial charge < -0.3 is 15.3 Å². The molecule has 1 saturated heterocycles. The minimum atomic E-state index is -0.781. The lowest BCUT2D eigenvalue weighted by atomic mass is 9.98. The molecule has 0 saturated carbocycles. The summed E-state index contributed by atoms with van der Waals surface area (Å²) in [6.07, 6.45) is 4.77. The van der Waals surface area contributed by atoms with Gasteiger partial charge in [-0.2, -0.15) is 0 Å². The third-order valence-electron chi connectivity index (χ3n) is 3.83. The van der Waals surface area contributed by atoms with E-state index >= 15 is 0 Å². The quantitative estimate of drug-likeness (QED) is 0.806. The van der Waals surface area contributed by atoms with Crippen LogP contribution in [0.1, 0.15) is 59.3 Å². The Bertz CT molecular complexity index is 310. The summed E-state index contributed by atoms with van der Waals surface area (Å²) in [5.74, 6) is -0.781. The van der Waals surface area contributed by atoms with Crippen LogP contribution >= 0.6 is 0 Å². The number of likely N-dealkylation sites (tertiary alicyclic amines) is 1. The summed E-state index contributed by atoms with van der Waals surface area (Å²) >= 11 is 0. The van der Waals surface area contributed by atoms with Gasteiger partial charge in [0.2, 0.25) is 0 Å². The first-order valence-electron chi connectivity index (χ1n) is 7.22. The lowest BCUT2D eigenvalue weighted by Gasteiger charge is -2.39. The molecular weight excluding hydrogens is 244 g/mol. The van der Waals surface area contributed by atoms with Crippen LogP contribution in [0.5, 0.6) is 0 Å². The van der Waals surface area contributed by atoms with Crippen molar-refractivity contribution >= 4 is 12.0 Å². The number of carboxylic acids is 1. The maximum absolute atomic E-state index is 12.2. The van der Waals surface area contributed by atoms with Gasteiger partial charge in [-0.3, -0.25) is 4.79 Å². The molecule has 2 amide bonds. The van der Waals surface area contributed by atoms with E-state index in [1.54, 1.807) is 0 Å². The van der Waals surface area contributed by atoms with Gasteiger partial charge in [0.1, 0.15) is 0 Å². The number of rotatable bonds is 5. The Morgan fingerprint density at radius 3 is 2.42 bits per heavy atom. The average Bonchev–Trinajstić information content (AvgIpc) is 2.27. The highest BCUT2D eigenvalue weighted by molar-refractivity contribution is 5.75. The van der Waals surface area contributed by atoms with Crippen molar-refractivity contribution in [2.24, 2.45) is 0 Å². The maximum Gasteiger partial charge on any atom is 0.318 e. The Morgan fingerprint density at radius 2 is 1.89 bits per heavy atom. The van der Waals surface area contributed by atoms with Crippen LogP contribution in [0.3, 0.4) is 0 Å². The predicted octanol–water partition coefficient (Wildman–Crippen LogP) is 2.60. The second-order valence-electron chi connectivity index (χ2n) is 5.67. The van der Waals surface area contributed by atoms with E-state index in [9.17, 15) is 9.59 Å². The van der Waals surface area contributed by atoms with Crippen molar-refractivity contribution in [3.63, 3.8) is 0 Å². The highest BCUT2D eigenvalue weighted by atomic mass is 16.4. The first kappa shape index (κ1) is 15.8. The number of amides is 2. The van der Waals surface area contributed by atoms with Gasteiger partial charge in [-0.15, -0.1) is 0 Å². The Hall–Kier alpha value is -1.26. The van der Waals surface area contributed by atoms with Crippen molar-refractivity contribution in [3.8, 4) is 0 Å². The molecule has 0 aliphatic carbocycles. The summed E-state index contributed by atoms with van der Waals surface area (Å²) in [7, 11) is 0. The lowest BCUT2D eigenvalue weighted by molar-refractivity contribution is -0.137. The number of aliphatic carboxylic acids is 1. The molecule has 1 heterocycles. The zero-order valence-electron chi connectivity index (χ0n) is 12.2. The number of urea groups is 1. The molecule has 0 aromatic heterocycles. The summed E-state index contributed by atoms with van der Waals surface area (Å²) < 4.78 is 0. The van der Waals surface area contributed by atoms with E-state index in [1.807, 2.05) is 11.8 Å². The molecule has 2 N–H and O–H groups in total. The van der Waals surface area contributed by atoms with Gasteiger partial charge in [-0.1, -0.05) is 0 Å². The summed E-state index contributed by atoms with van der Waals surface area (Å²) in [6, 6.07) is 0.584. The minimum Gasteiger partial charge on any atom is -0.481 e. The second-order valence-corrected chi connectivity index (χ2v) is 5.67. The van der Waals surface area contributed by atoms with E-state index in [1.165, 1.54) is 6.42 Å². The number of nitrogens with zero attached hydrogens (tertiary/aromatic N) is 1. The van der Waals surface area contributed by atoms with Crippen molar-refractivity contribution in [1.29, 1.82) is 0 Å². The molecule has 0 radical (unpaired) electrons. The highest BCUT2D eigenvalue weighted by Crippen LogP contribution is 2.22. The van der Waals surface area contributed by atoms with E-state index in [2.05, 4.69) is 19.2 Å². The van der Waals surface area contributed by atoms with Gasteiger partial charge >= 0.3 is 12.0 Å². The lowest BCUT2D eigenvalue weighted by Crippen LogP contribution is -2.53. The largest absolute Gasteiger partial charge is 0.481 e. The molecular formula is C14H26N2O3. The summed E-state index contributed by atoms with van der Waals surface area (Å²) in [5.41, 5.74) is 0. The van der Waals surface area contributed by atoms with Crippen molar-refractivity contribution in [2.45, 2.75) is 77.4 Å². The molecule has 19 heavy (non-hydrogen) atoms. The van der Waals surface area contributed by atoms with E-state index in [0.29, 0.717) is 12.8 Å². The molecule has 1 rings (SSSR count). The SMILES string of the molecule is CC(CCCC(=O)O)NC(=O)N1C(C)CCCC1C. The minimum absolute atomic E-state index is 0.0116. The van der Waals surface area contributed by atoms with E-state index in [4.69, 9.17) is 5.11 Å². The molecule has 0 aromatic carbocycles. The average molecular weight is 270 g/mol. The Morgan fingerprint density at radius 1 is 1.32 bits per heavy atom. The molecule has 3 unspecified atom stereocenters. The van der Waals surface area contributed by atoms with Crippen LogP contribution < -0.4 is 5.32 Å². The Balaban J connectivity index is 2.38. The van der Waals surface area contributed by atoms with Gasteiger partial charge in [0, 0.05) is 24.5 Å². The molecule has 110 valence electrons. The molecule has 1 aliphatic heterocycles. The van der Waals surface area contributed by atoms with Crippen LogP contribution in [0.2, 0.25) is 0 Å². The Labute approximate surface area is 115 Å². The van der Waals surface area contributed by atoms with Crippen LogP contribution in [0.15, 0.2) is 0 Å². The topological polar surface area (TPSA) is 69.6 Å². The summed E-state index contributed by atoms with van der Waals surface area (Å²) in [6.45, 7) is 6.10. The highest BCUT2D eigenvalue weighted by Gasteiger charge is 2.29. The predicted molar refractivity (Wildman–Crippen MR) is 74.1 cm³/mol. The van der Waals surface area contributed by atoms with Crippen LogP contribution in [0.4, 0.5) is 4.79 Å². The van der Waals surface area contributed by atoms with Crippen LogP contribution in [-0.2, 0) is 4.79 Å². The van der Waals surface area contributed by atoms with Crippen molar-refractivity contribution < 1.29 is 14.7 Å². The number of hydrogen-bond acceptors (Lipinski definition) is 2. The molecule has 0 bridgehead atoms. The molecule has 0 aromatic rings. The number of nitrogens with one attached hydrogen (secondary N) is 1. The number of carbonyl (C=O) groups is 2. The van der Waals surface area contributed by atoms with Crippen LogP contribution in [0.25, 0.3) is 0 Å². The third-order valence-corrected chi connectivity index (χ3v) is 3.83. The van der Waals surface area contributed by atoms with E-state index in [-0.39, 0.29) is 30.6 Å². The van der Waals surface area contributed by atoms with Gasteiger partial charge in [-0.05, 0) is 52.9 Å². The van der Waals surface area contributed by atoms with Gasteiger partial charge in [0.05, 0.1) is 0 Å². The Kier molecular flexibility index (Phi) is 6.12. The van der Waals surface area contributed by atoms with Gasteiger partial charge in [0.15, 0.2) is 0 Å². The first-order valence-corrected chi connectivity index (χ1v) is 7.22. The van der Waals surface area contributed by atoms with E-state index < -0.39 is 5.97 Å². The molecule has 5 nitrogen and oxygen atoms in total. The zero-order valence-corrected chi connectivity index (χ0v) is 12.2. The van der Waals surface area contributed by atoms with Gasteiger partial charge in [0.25, 0.3) is 0 Å². The molecule has 5 heteroatoms. The van der Waals surface area contributed by atoms with Crippen molar-refractivity contribution in [3.05, 3.63) is 0 Å². The maximum atomic E-state index is 12.2.